The van der Waals surface area contributed by atoms with Crippen molar-refractivity contribution >= 4 is 11.6 Å². The van der Waals surface area contributed by atoms with E-state index in [4.69, 9.17) is 5.73 Å². The number of anilines is 1. The summed E-state index contributed by atoms with van der Waals surface area (Å²) < 4.78 is 0. The Balaban J connectivity index is 2.08. The molecule has 1 aromatic heterocycles. The minimum atomic E-state index is -0.128. The monoisotopic (exact) mass is 219 g/mol. The van der Waals surface area contributed by atoms with E-state index in [0.29, 0.717) is 11.4 Å². The van der Waals surface area contributed by atoms with Gasteiger partial charge in [0.1, 0.15) is 5.69 Å². The van der Waals surface area contributed by atoms with Gasteiger partial charge in [0.05, 0.1) is 0 Å². The van der Waals surface area contributed by atoms with E-state index in [2.05, 4.69) is 17.2 Å². The molecule has 0 saturated heterocycles. The maximum Gasteiger partial charge on any atom is 0.270 e. The van der Waals surface area contributed by atoms with Gasteiger partial charge in [0.15, 0.2) is 0 Å². The standard InChI is InChI=1S/C12H17N3O/c1-12(5-2-3-6-12)15-11(16)10-8-9(13)4-7-14-10/h4,7-8H,2-3,5-6H2,1H3,(H2,13,14)(H,15,16). The van der Waals surface area contributed by atoms with Crippen molar-refractivity contribution in [2.24, 2.45) is 0 Å². The molecule has 1 aliphatic carbocycles. The van der Waals surface area contributed by atoms with Crippen LogP contribution in [0.1, 0.15) is 43.1 Å². The minimum Gasteiger partial charge on any atom is -0.399 e. The summed E-state index contributed by atoms with van der Waals surface area (Å²) >= 11 is 0. The highest BCUT2D eigenvalue weighted by Crippen LogP contribution is 2.29. The van der Waals surface area contributed by atoms with Gasteiger partial charge in [-0.25, -0.2) is 0 Å². The number of aromatic nitrogens is 1. The van der Waals surface area contributed by atoms with Crippen molar-refractivity contribution in [2.45, 2.75) is 38.1 Å². The van der Waals surface area contributed by atoms with Gasteiger partial charge in [0.2, 0.25) is 0 Å². The number of carbonyl (C=O) groups excluding carboxylic acids is 1. The molecule has 1 heterocycles. The maximum atomic E-state index is 11.9. The number of nitrogens with two attached hydrogens (primary N) is 1. The fraction of sp³-hybridized carbons (Fsp3) is 0.500. The van der Waals surface area contributed by atoms with Gasteiger partial charge in [-0.2, -0.15) is 0 Å². The summed E-state index contributed by atoms with van der Waals surface area (Å²) in [6.45, 7) is 2.09. The predicted octanol–water partition coefficient (Wildman–Crippen LogP) is 1.73. The topological polar surface area (TPSA) is 68.0 Å². The zero-order chi connectivity index (χ0) is 11.6. The molecule has 0 aliphatic heterocycles. The Morgan fingerprint density at radius 2 is 2.19 bits per heavy atom. The van der Waals surface area contributed by atoms with Crippen molar-refractivity contribution in [1.29, 1.82) is 0 Å². The lowest BCUT2D eigenvalue weighted by Crippen LogP contribution is -2.43. The Morgan fingerprint density at radius 3 is 2.81 bits per heavy atom. The van der Waals surface area contributed by atoms with Gasteiger partial charge < -0.3 is 11.1 Å². The number of hydrogen-bond donors (Lipinski definition) is 2. The summed E-state index contributed by atoms with van der Waals surface area (Å²) in [7, 11) is 0. The Labute approximate surface area is 95.3 Å². The Bertz CT molecular complexity index is 397. The van der Waals surface area contributed by atoms with Crippen LogP contribution < -0.4 is 11.1 Å². The lowest BCUT2D eigenvalue weighted by molar-refractivity contribution is 0.0903. The molecule has 16 heavy (non-hydrogen) atoms. The number of nitrogens with zero attached hydrogens (tertiary/aromatic N) is 1. The first-order valence-corrected chi connectivity index (χ1v) is 5.63. The van der Waals surface area contributed by atoms with Crippen LogP contribution in [0.2, 0.25) is 0 Å². The van der Waals surface area contributed by atoms with E-state index in [1.54, 1.807) is 18.3 Å². The molecule has 2 rings (SSSR count). The first kappa shape index (κ1) is 10.9. The average molecular weight is 219 g/mol. The number of rotatable bonds is 2. The second kappa shape index (κ2) is 4.12. The first-order valence-electron chi connectivity index (χ1n) is 5.63. The molecule has 0 radical (unpaired) electrons. The number of amides is 1. The second-order valence-corrected chi connectivity index (χ2v) is 4.70. The van der Waals surface area contributed by atoms with Crippen LogP contribution in [0.25, 0.3) is 0 Å². The van der Waals surface area contributed by atoms with Crippen LogP contribution in [-0.4, -0.2) is 16.4 Å². The summed E-state index contributed by atoms with van der Waals surface area (Å²) in [5.74, 6) is -0.128. The average Bonchev–Trinajstić information content (AvgIpc) is 2.65. The molecule has 0 bridgehead atoms. The van der Waals surface area contributed by atoms with Gasteiger partial charge in [-0.15, -0.1) is 0 Å². The molecule has 1 aliphatic rings. The second-order valence-electron chi connectivity index (χ2n) is 4.70. The predicted molar refractivity (Wildman–Crippen MR) is 63.0 cm³/mol. The summed E-state index contributed by atoms with van der Waals surface area (Å²) in [5.41, 5.74) is 6.51. The summed E-state index contributed by atoms with van der Waals surface area (Å²) in [5, 5.41) is 3.04. The van der Waals surface area contributed by atoms with E-state index in [-0.39, 0.29) is 11.4 Å². The van der Waals surface area contributed by atoms with Crippen LogP contribution in [0.3, 0.4) is 0 Å². The molecule has 0 aromatic carbocycles. The van der Waals surface area contributed by atoms with Gasteiger partial charge >= 0.3 is 0 Å². The molecule has 4 nitrogen and oxygen atoms in total. The maximum absolute atomic E-state index is 11.9. The zero-order valence-corrected chi connectivity index (χ0v) is 9.49. The highest BCUT2D eigenvalue weighted by molar-refractivity contribution is 5.93. The number of nitrogens with one attached hydrogen (secondary N) is 1. The highest BCUT2D eigenvalue weighted by Gasteiger charge is 2.30. The first-order chi connectivity index (χ1) is 7.59. The molecule has 0 atom stereocenters. The Kier molecular flexibility index (Phi) is 2.81. The molecule has 1 saturated carbocycles. The van der Waals surface area contributed by atoms with Crippen LogP contribution in [0.5, 0.6) is 0 Å². The van der Waals surface area contributed by atoms with E-state index in [1.165, 1.54) is 12.8 Å². The molecular formula is C12H17N3O. The van der Waals surface area contributed by atoms with E-state index < -0.39 is 0 Å². The van der Waals surface area contributed by atoms with Crippen molar-refractivity contribution in [1.82, 2.24) is 10.3 Å². The van der Waals surface area contributed by atoms with Crippen molar-refractivity contribution < 1.29 is 4.79 Å². The lowest BCUT2D eigenvalue weighted by atomic mass is 10.0. The van der Waals surface area contributed by atoms with Crippen LogP contribution in [-0.2, 0) is 0 Å². The van der Waals surface area contributed by atoms with Crippen molar-refractivity contribution in [3.8, 4) is 0 Å². The molecule has 3 N–H and O–H groups in total. The number of nitrogen functional groups attached to an aromatic ring is 1. The van der Waals surface area contributed by atoms with Gasteiger partial charge in [0.25, 0.3) is 5.91 Å². The Hall–Kier alpha value is -1.58. The summed E-state index contributed by atoms with van der Waals surface area (Å²) in [6, 6.07) is 3.28. The van der Waals surface area contributed by atoms with Crippen molar-refractivity contribution in [2.75, 3.05) is 5.73 Å². The molecule has 4 heteroatoms. The third kappa shape index (κ3) is 2.32. The van der Waals surface area contributed by atoms with Crippen molar-refractivity contribution in [3.05, 3.63) is 24.0 Å². The summed E-state index contributed by atoms with van der Waals surface area (Å²) in [6.07, 6.45) is 6.01. The van der Waals surface area contributed by atoms with Crippen LogP contribution in [0.4, 0.5) is 5.69 Å². The van der Waals surface area contributed by atoms with Gasteiger partial charge in [-0.05, 0) is 31.9 Å². The van der Waals surface area contributed by atoms with E-state index >= 15 is 0 Å². The third-order valence-electron chi connectivity index (χ3n) is 3.14. The molecule has 1 aromatic rings. The molecular weight excluding hydrogens is 202 g/mol. The van der Waals surface area contributed by atoms with E-state index in [1.807, 2.05) is 0 Å². The molecule has 0 unspecified atom stereocenters. The normalized spacial score (nSPS) is 18.3. The molecule has 1 fully saturated rings. The van der Waals surface area contributed by atoms with Gasteiger partial charge in [0, 0.05) is 17.4 Å². The number of hydrogen-bond acceptors (Lipinski definition) is 3. The quantitative estimate of drug-likeness (QED) is 0.796. The van der Waals surface area contributed by atoms with Crippen LogP contribution >= 0.6 is 0 Å². The fourth-order valence-corrected chi connectivity index (χ4v) is 2.19. The SMILES string of the molecule is CC1(NC(=O)c2cc(N)ccn2)CCCC1. The highest BCUT2D eigenvalue weighted by atomic mass is 16.2. The molecule has 0 spiro atoms. The van der Waals surface area contributed by atoms with Crippen LogP contribution in [0.15, 0.2) is 18.3 Å². The minimum absolute atomic E-state index is 0.0661. The summed E-state index contributed by atoms with van der Waals surface area (Å²) in [4.78, 5) is 15.9. The van der Waals surface area contributed by atoms with Crippen molar-refractivity contribution in [3.63, 3.8) is 0 Å². The smallest absolute Gasteiger partial charge is 0.270 e. The van der Waals surface area contributed by atoms with E-state index in [0.717, 1.165) is 12.8 Å². The lowest BCUT2D eigenvalue weighted by Gasteiger charge is -2.24. The van der Waals surface area contributed by atoms with E-state index in [9.17, 15) is 4.79 Å². The largest absolute Gasteiger partial charge is 0.399 e. The number of pyridine rings is 1. The van der Waals surface area contributed by atoms with Crippen LogP contribution in [0, 0.1) is 0 Å². The van der Waals surface area contributed by atoms with Gasteiger partial charge in [-0.3, -0.25) is 9.78 Å². The fourth-order valence-electron chi connectivity index (χ4n) is 2.19. The third-order valence-corrected chi connectivity index (χ3v) is 3.14. The molecule has 86 valence electrons. The molecule has 1 amide bonds. The number of carbonyl (C=O) groups is 1. The van der Waals surface area contributed by atoms with Gasteiger partial charge in [-0.1, -0.05) is 12.8 Å². The zero-order valence-electron chi connectivity index (χ0n) is 9.49. The Morgan fingerprint density at radius 1 is 1.50 bits per heavy atom.